The number of benzene rings is 1. The van der Waals surface area contributed by atoms with Gasteiger partial charge in [-0.25, -0.2) is 12.7 Å². The molecule has 0 radical (unpaired) electrons. The van der Waals surface area contributed by atoms with E-state index in [2.05, 4.69) is 6.58 Å². The van der Waals surface area contributed by atoms with Crippen LogP contribution in [-0.2, 0) is 16.2 Å². The maximum Gasteiger partial charge on any atom is 0.416 e. The molecule has 1 aliphatic rings. The van der Waals surface area contributed by atoms with Gasteiger partial charge in [-0.2, -0.15) is 13.2 Å². The van der Waals surface area contributed by atoms with Crippen molar-refractivity contribution < 1.29 is 26.4 Å². The number of alkyl halides is 3. The van der Waals surface area contributed by atoms with E-state index in [1.165, 1.54) is 22.5 Å². The zero-order valence-electron chi connectivity index (χ0n) is 12.9. The zero-order chi connectivity index (χ0) is 18.0. The number of sulfonamides is 1. The van der Waals surface area contributed by atoms with Crippen molar-refractivity contribution in [3.05, 3.63) is 48.0 Å². The third-order valence-electron chi connectivity index (χ3n) is 3.95. The van der Waals surface area contributed by atoms with Crippen LogP contribution in [0.1, 0.15) is 28.8 Å². The van der Waals surface area contributed by atoms with Gasteiger partial charge in [0, 0.05) is 24.6 Å². The van der Waals surface area contributed by atoms with Crippen molar-refractivity contribution in [2.45, 2.75) is 19.0 Å². The smallest absolute Gasteiger partial charge is 0.294 e. The Kier molecular flexibility index (Phi) is 5.49. The van der Waals surface area contributed by atoms with Gasteiger partial charge < -0.3 is 0 Å². The van der Waals surface area contributed by atoms with Gasteiger partial charge in [0.25, 0.3) is 0 Å². The second-order valence-electron chi connectivity index (χ2n) is 5.71. The number of nitrogens with zero attached hydrogens (tertiary/aromatic N) is 1. The summed E-state index contributed by atoms with van der Waals surface area (Å²) >= 11 is 0. The van der Waals surface area contributed by atoms with Crippen LogP contribution in [-0.4, -0.2) is 37.3 Å². The second-order valence-corrected chi connectivity index (χ2v) is 7.72. The molecule has 1 atom stereocenters. The number of hydrogen-bond donors (Lipinski definition) is 0. The summed E-state index contributed by atoms with van der Waals surface area (Å²) < 4.78 is 63.7. The Bertz CT molecular complexity index is 728. The summed E-state index contributed by atoms with van der Waals surface area (Å²) in [6, 6.07) is 4.23. The van der Waals surface area contributed by atoms with Crippen LogP contribution in [0, 0.1) is 5.92 Å². The van der Waals surface area contributed by atoms with E-state index in [0.717, 1.165) is 12.1 Å². The number of carbonyl (C=O) groups excluding carboxylic acids is 1. The molecule has 8 heteroatoms. The molecule has 1 aliphatic heterocycles. The lowest BCUT2D eigenvalue weighted by atomic mass is 9.90. The third-order valence-corrected chi connectivity index (χ3v) is 5.73. The van der Waals surface area contributed by atoms with Crippen LogP contribution >= 0.6 is 0 Å². The standard InChI is InChI=1S/C16H18F3NO3S/c1-2-9-24(22,23)20-8-4-6-13(11-20)15(21)12-5-3-7-14(10-12)16(17,18)19/h2-3,5,7,10,13H,1,4,6,8-9,11H2. The fraction of sp³-hybridized carbons (Fsp3) is 0.438. The predicted molar refractivity (Wildman–Crippen MR) is 84.1 cm³/mol. The van der Waals surface area contributed by atoms with Gasteiger partial charge >= 0.3 is 6.18 Å². The molecular formula is C16H18F3NO3S. The van der Waals surface area contributed by atoms with E-state index in [9.17, 15) is 26.4 Å². The number of piperidine rings is 1. The molecule has 1 aromatic rings. The Morgan fingerprint density at radius 3 is 2.71 bits per heavy atom. The van der Waals surface area contributed by atoms with Crippen molar-refractivity contribution in [1.82, 2.24) is 4.31 Å². The summed E-state index contributed by atoms with van der Waals surface area (Å²) in [5.74, 6) is -1.32. The first-order chi connectivity index (χ1) is 11.1. The Balaban J connectivity index is 2.19. The highest BCUT2D eigenvalue weighted by Crippen LogP contribution is 2.31. The molecule has 0 aliphatic carbocycles. The third kappa shape index (κ3) is 4.24. The Morgan fingerprint density at radius 2 is 2.08 bits per heavy atom. The number of carbonyl (C=O) groups is 1. The van der Waals surface area contributed by atoms with Gasteiger partial charge in [0.15, 0.2) is 5.78 Å². The van der Waals surface area contributed by atoms with Crippen LogP contribution in [0.25, 0.3) is 0 Å². The monoisotopic (exact) mass is 361 g/mol. The van der Waals surface area contributed by atoms with E-state index >= 15 is 0 Å². The van der Waals surface area contributed by atoms with E-state index in [-0.39, 0.29) is 17.9 Å². The van der Waals surface area contributed by atoms with Crippen molar-refractivity contribution in [2.75, 3.05) is 18.8 Å². The first-order valence-electron chi connectivity index (χ1n) is 7.45. The van der Waals surface area contributed by atoms with Crippen LogP contribution in [0.4, 0.5) is 13.2 Å². The minimum Gasteiger partial charge on any atom is -0.294 e. The fourth-order valence-electron chi connectivity index (χ4n) is 2.75. The number of rotatable bonds is 5. The molecule has 0 aromatic heterocycles. The molecular weight excluding hydrogens is 343 g/mol. The average molecular weight is 361 g/mol. The van der Waals surface area contributed by atoms with Crippen molar-refractivity contribution in [3.8, 4) is 0 Å². The predicted octanol–water partition coefficient (Wildman–Crippen LogP) is 3.12. The van der Waals surface area contributed by atoms with E-state index in [1.54, 1.807) is 0 Å². The summed E-state index contributed by atoms with van der Waals surface area (Å²) in [7, 11) is -3.53. The lowest BCUT2D eigenvalue weighted by molar-refractivity contribution is -0.137. The van der Waals surface area contributed by atoms with Gasteiger partial charge in [0.05, 0.1) is 11.3 Å². The Labute approximate surface area is 139 Å². The van der Waals surface area contributed by atoms with Crippen molar-refractivity contribution in [2.24, 2.45) is 5.92 Å². The molecule has 0 amide bonds. The van der Waals surface area contributed by atoms with Crippen LogP contribution in [0.3, 0.4) is 0 Å². The number of ketones is 1. The van der Waals surface area contributed by atoms with Gasteiger partial charge in [-0.05, 0) is 25.0 Å². The summed E-state index contributed by atoms with van der Waals surface area (Å²) in [4.78, 5) is 12.5. The first kappa shape index (κ1) is 18.7. The zero-order valence-corrected chi connectivity index (χ0v) is 13.7. The van der Waals surface area contributed by atoms with Crippen LogP contribution in [0.2, 0.25) is 0 Å². The molecule has 1 saturated heterocycles. The molecule has 0 spiro atoms. The lowest BCUT2D eigenvalue weighted by Gasteiger charge is -2.31. The minimum absolute atomic E-state index is 0.00868. The van der Waals surface area contributed by atoms with E-state index in [0.29, 0.717) is 19.4 Å². The van der Waals surface area contributed by atoms with Crippen molar-refractivity contribution in [3.63, 3.8) is 0 Å². The fourth-order valence-corrected chi connectivity index (χ4v) is 4.07. The number of hydrogen-bond acceptors (Lipinski definition) is 3. The van der Waals surface area contributed by atoms with E-state index < -0.39 is 33.5 Å². The summed E-state index contributed by atoms with van der Waals surface area (Å²) in [6.07, 6.45) is -2.31. The van der Waals surface area contributed by atoms with Gasteiger partial charge in [0.2, 0.25) is 10.0 Å². The number of halogens is 3. The molecule has 24 heavy (non-hydrogen) atoms. The highest BCUT2D eigenvalue weighted by molar-refractivity contribution is 7.89. The molecule has 1 fully saturated rings. The minimum atomic E-state index is -4.53. The average Bonchev–Trinajstić information content (AvgIpc) is 2.53. The molecule has 2 rings (SSSR count). The molecule has 0 saturated carbocycles. The summed E-state index contributed by atoms with van der Waals surface area (Å²) in [5.41, 5.74) is -0.932. The van der Waals surface area contributed by atoms with Crippen LogP contribution < -0.4 is 0 Å². The van der Waals surface area contributed by atoms with E-state index in [1.807, 2.05) is 0 Å². The summed E-state index contributed by atoms with van der Waals surface area (Å²) in [5, 5.41) is 0. The number of Topliss-reactive ketones (excluding diaryl/α,β-unsaturated/α-hetero) is 1. The SMILES string of the molecule is C=CCS(=O)(=O)N1CCCC(C(=O)c2cccc(C(F)(F)F)c2)C1. The molecule has 1 aromatic carbocycles. The Morgan fingerprint density at radius 1 is 1.38 bits per heavy atom. The van der Waals surface area contributed by atoms with Crippen LogP contribution in [0.5, 0.6) is 0 Å². The van der Waals surface area contributed by atoms with Gasteiger partial charge in [-0.1, -0.05) is 18.2 Å². The normalized spacial score (nSPS) is 19.9. The van der Waals surface area contributed by atoms with Gasteiger partial charge in [0.1, 0.15) is 0 Å². The molecule has 0 N–H and O–H groups in total. The maximum absolute atomic E-state index is 12.8. The Hall–Kier alpha value is -1.67. The van der Waals surface area contributed by atoms with E-state index in [4.69, 9.17) is 0 Å². The molecule has 1 heterocycles. The van der Waals surface area contributed by atoms with Crippen molar-refractivity contribution >= 4 is 15.8 Å². The molecule has 132 valence electrons. The highest BCUT2D eigenvalue weighted by atomic mass is 32.2. The largest absolute Gasteiger partial charge is 0.416 e. The quantitative estimate of drug-likeness (QED) is 0.598. The van der Waals surface area contributed by atoms with Crippen LogP contribution in [0.15, 0.2) is 36.9 Å². The van der Waals surface area contributed by atoms with Crippen molar-refractivity contribution in [1.29, 1.82) is 0 Å². The maximum atomic E-state index is 12.8. The molecule has 1 unspecified atom stereocenters. The van der Waals surface area contributed by atoms with Gasteiger partial charge in [-0.15, -0.1) is 6.58 Å². The topological polar surface area (TPSA) is 54.5 Å². The first-order valence-corrected chi connectivity index (χ1v) is 9.06. The lowest BCUT2D eigenvalue weighted by Crippen LogP contribution is -2.43. The second kappa shape index (κ2) is 7.06. The highest BCUT2D eigenvalue weighted by Gasteiger charge is 2.34. The molecule has 0 bridgehead atoms. The molecule has 4 nitrogen and oxygen atoms in total. The van der Waals surface area contributed by atoms with Gasteiger partial charge in [-0.3, -0.25) is 4.79 Å². The summed E-state index contributed by atoms with van der Waals surface area (Å²) in [6.45, 7) is 3.70.